The van der Waals surface area contributed by atoms with E-state index in [1.54, 1.807) is 20.8 Å². The van der Waals surface area contributed by atoms with Crippen molar-refractivity contribution in [2.45, 2.75) is 52.4 Å². The lowest BCUT2D eigenvalue weighted by molar-refractivity contribution is -0.115. The maximum Gasteiger partial charge on any atom is 0.408 e. The lowest BCUT2D eigenvalue weighted by Crippen LogP contribution is -2.45. The molecule has 2 unspecified atom stereocenters. The van der Waals surface area contributed by atoms with Gasteiger partial charge in [-0.1, -0.05) is 12.1 Å². The fraction of sp³-hybridized carbons (Fsp3) is 0.500. The van der Waals surface area contributed by atoms with Gasteiger partial charge < -0.3 is 25.0 Å². The molecule has 0 aliphatic carbocycles. The molecule has 2 heterocycles. The van der Waals surface area contributed by atoms with Gasteiger partial charge in [0, 0.05) is 29.7 Å². The largest absolute Gasteiger partial charge is 0.444 e. The lowest BCUT2D eigenvalue weighted by atomic mass is 10.1. The molecule has 0 spiro atoms. The van der Waals surface area contributed by atoms with Gasteiger partial charge in [-0.25, -0.2) is 9.78 Å². The van der Waals surface area contributed by atoms with Crippen molar-refractivity contribution in [1.82, 2.24) is 10.3 Å². The number of hydrogen-bond acceptors (Lipinski definition) is 7. The van der Waals surface area contributed by atoms with Gasteiger partial charge in [0.2, 0.25) is 5.91 Å². The third kappa shape index (κ3) is 6.93. The molecule has 31 heavy (non-hydrogen) atoms. The summed E-state index contributed by atoms with van der Waals surface area (Å²) in [5, 5.41) is 7.53. The molecule has 1 aliphatic rings. The summed E-state index contributed by atoms with van der Waals surface area (Å²) >= 11 is 1.34. The number of morpholine rings is 1. The van der Waals surface area contributed by atoms with E-state index in [0.717, 1.165) is 30.0 Å². The second-order valence-corrected chi connectivity index (χ2v) is 9.51. The molecule has 8 nitrogen and oxygen atoms in total. The molecule has 1 fully saturated rings. The van der Waals surface area contributed by atoms with E-state index in [1.807, 2.05) is 17.5 Å². The van der Waals surface area contributed by atoms with Gasteiger partial charge in [-0.2, -0.15) is 0 Å². The Morgan fingerprint density at radius 2 is 1.97 bits per heavy atom. The molecule has 9 heteroatoms. The van der Waals surface area contributed by atoms with E-state index < -0.39 is 11.7 Å². The minimum atomic E-state index is -0.633. The summed E-state index contributed by atoms with van der Waals surface area (Å²) in [6.45, 7) is 11.0. The van der Waals surface area contributed by atoms with Gasteiger partial charge in [-0.15, -0.1) is 11.3 Å². The molecule has 0 saturated carbocycles. The molecule has 1 aliphatic heterocycles. The van der Waals surface area contributed by atoms with Crippen molar-refractivity contribution >= 4 is 34.2 Å². The highest BCUT2D eigenvalue weighted by Crippen LogP contribution is 2.29. The van der Waals surface area contributed by atoms with E-state index in [1.165, 1.54) is 11.3 Å². The molecule has 2 N–H and O–H groups in total. The van der Waals surface area contributed by atoms with E-state index in [-0.39, 0.29) is 24.7 Å². The number of rotatable bonds is 5. The number of benzene rings is 1. The van der Waals surface area contributed by atoms with Crippen molar-refractivity contribution in [2.24, 2.45) is 0 Å². The first kappa shape index (κ1) is 23.0. The first-order chi connectivity index (χ1) is 14.6. The highest BCUT2D eigenvalue weighted by atomic mass is 32.1. The van der Waals surface area contributed by atoms with Crippen molar-refractivity contribution in [3.8, 4) is 11.3 Å². The van der Waals surface area contributed by atoms with Crippen LogP contribution in [0.2, 0.25) is 0 Å². The SMILES string of the molecule is CC1CN(c2cccc(-c3csc(NC(=O)CNC(=O)OC(C)(C)C)n3)c2)CC(C)O1. The molecule has 1 aromatic heterocycles. The topological polar surface area (TPSA) is 92.8 Å². The molecular formula is C22H30N4O4S. The summed E-state index contributed by atoms with van der Waals surface area (Å²) in [5.41, 5.74) is 2.28. The zero-order valence-electron chi connectivity index (χ0n) is 18.6. The molecule has 2 amide bonds. The Morgan fingerprint density at radius 3 is 2.65 bits per heavy atom. The average molecular weight is 447 g/mol. The lowest BCUT2D eigenvalue weighted by Gasteiger charge is -2.37. The van der Waals surface area contributed by atoms with Crippen LogP contribution < -0.4 is 15.5 Å². The van der Waals surface area contributed by atoms with Crippen LogP contribution in [0.4, 0.5) is 15.6 Å². The van der Waals surface area contributed by atoms with Crippen LogP contribution in [0.5, 0.6) is 0 Å². The number of ether oxygens (including phenoxy) is 2. The van der Waals surface area contributed by atoms with Gasteiger partial charge in [-0.05, 0) is 46.8 Å². The number of carbonyl (C=O) groups is 2. The quantitative estimate of drug-likeness (QED) is 0.724. The Hall–Kier alpha value is -2.65. The maximum atomic E-state index is 12.1. The molecule has 2 aromatic rings. The van der Waals surface area contributed by atoms with Crippen molar-refractivity contribution in [1.29, 1.82) is 0 Å². The smallest absolute Gasteiger partial charge is 0.408 e. The molecule has 168 valence electrons. The Bertz CT molecular complexity index is 914. The summed E-state index contributed by atoms with van der Waals surface area (Å²) in [6, 6.07) is 8.21. The van der Waals surface area contributed by atoms with E-state index in [9.17, 15) is 9.59 Å². The molecule has 3 rings (SSSR count). The predicted octanol–water partition coefficient (Wildman–Crippen LogP) is 3.89. The number of alkyl carbamates (subject to hydrolysis) is 1. The van der Waals surface area contributed by atoms with Gasteiger partial charge in [0.25, 0.3) is 0 Å². The van der Waals surface area contributed by atoms with Crippen LogP contribution in [0.25, 0.3) is 11.3 Å². The number of carbonyl (C=O) groups excluding carboxylic acids is 2. The zero-order chi connectivity index (χ0) is 22.6. The zero-order valence-corrected chi connectivity index (χ0v) is 19.4. The van der Waals surface area contributed by atoms with Crippen molar-refractivity contribution < 1.29 is 19.1 Å². The number of nitrogens with zero attached hydrogens (tertiary/aromatic N) is 2. The predicted molar refractivity (Wildman–Crippen MR) is 123 cm³/mol. The van der Waals surface area contributed by atoms with Crippen LogP contribution in [0.3, 0.4) is 0 Å². The monoisotopic (exact) mass is 446 g/mol. The maximum absolute atomic E-state index is 12.1. The van der Waals surface area contributed by atoms with Crippen LogP contribution in [0.15, 0.2) is 29.6 Å². The number of anilines is 2. The van der Waals surface area contributed by atoms with Gasteiger partial charge in [0.05, 0.1) is 17.9 Å². The summed E-state index contributed by atoms with van der Waals surface area (Å²) in [5.74, 6) is -0.364. The van der Waals surface area contributed by atoms with Crippen LogP contribution >= 0.6 is 11.3 Å². The Morgan fingerprint density at radius 1 is 1.26 bits per heavy atom. The van der Waals surface area contributed by atoms with E-state index in [0.29, 0.717) is 5.13 Å². The molecule has 0 radical (unpaired) electrons. The third-order valence-corrected chi connectivity index (χ3v) is 5.23. The van der Waals surface area contributed by atoms with E-state index in [2.05, 4.69) is 46.5 Å². The molecule has 1 saturated heterocycles. The highest BCUT2D eigenvalue weighted by Gasteiger charge is 2.23. The third-order valence-electron chi connectivity index (χ3n) is 4.47. The number of amides is 2. The first-order valence-corrected chi connectivity index (χ1v) is 11.2. The second-order valence-electron chi connectivity index (χ2n) is 8.65. The Kier molecular flexibility index (Phi) is 7.17. The summed E-state index contributed by atoms with van der Waals surface area (Å²) in [4.78, 5) is 30.6. The van der Waals surface area contributed by atoms with Crippen LogP contribution in [0, 0.1) is 0 Å². The van der Waals surface area contributed by atoms with Gasteiger partial charge in [0.15, 0.2) is 5.13 Å². The molecule has 2 atom stereocenters. The normalized spacial score (nSPS) is 19.1. The fourth-order valence-electron chi connectivity index (χ4n) is 3.34. The minimum Gasteiger partial charge on any atom is -0.444 e. The van der Waals surface area contributed by atoms with Gasteiger partial charge in [0.1, 0.15) is 12.1 Å². The summed E-state index contributed by atoms with van der Waals surface area (Å²) in [7, 11) is 0. The number of nitrogens with one attached hydrogen (secondary N) is 2. The Balaban J connectivity index is 1.59. The summed E-state index contributed by atoms with van der Waals surface area (Å²) < 4.78 is 10.9. The average Bonchev–Trinajstić information content (AvgIpc) is 3.13. The molecular weight excluding hydrogens is 416 g/mol. The number of aromatic nitrogens is 1. The van der Waals surface area contributed by atoms with E-state index >= 15 is 0 Å². The van der Waals surface area contributed by atoms with E-state index in [4.69, 9.17) is 9.47 Å². The van der Waals surface area contributed by atoms with Crippen molar-refractivity contribution in [3.05, 3.63) is 29.6 Å². The minimum absolute atomic E-state index is 0.183. The fourth-order valence-corrected chi connectivity index (χ4v) is 4.08. The van der Waals surface area contributed by atoms with Crippen LogP contribution in [-0.4, -0.2) is 54.4 Å². The molecule has 0 bridgehead atoms. The second kappa shape index (κ2) is 9.65. The number of thiazole rings is 1. The Labute approximate surface area is 186 Å². The van der Waals surface area contributed by atoms with Crippen molar-refractivity contribution in [3.63, 3.8) is 0 Å². The summed E-state index contributed by atoms with van der Waals surface area (Å²) in [6.07, 6.45) is -0.267. The van der Waals surface area contributed by atoms with Gasteiger partial charge >= 0.3 is 6.09 Å². The highest BCUT2D eigenvalue weighted by molar-refractivity contribution is 7.14. The van der Waals surface area contributed by atoms with Crippen molar-refractivity contribution in [2.75, 3.05) is 29.9 Å². The standard InChI is InChI=1S/C22H30N4O4S/c1-14-11-26(12-15(2)29-14)17-8-6-7-16(9-17)18-13-31-20(24-18)25-19(27)10-23-21(28)30-22(3,4)5/h6-9,13-15H,10-12H2,1-5H3,(H,23,28)(H,24,25,27). The van der Waals surface area contributed by atoms with Crippen LogP contribution in [-0.2, 0) is 14.3 Å². The first-order valence-electron chi connectivity index (χ1n) is 10.3. The molecule has 1 aromatic carbocycles. The number of hydrogen-bond donors (Lipinski definition) is 2. The van der Waals surface area contributed by atoms with Gasteiger partial charge in [-0.3, -0.25) is 4.79 Å². The van der Waals surface area contributed by atoms with Crippen LogP contribution in [0.1, 0.15) is 34.6 Å².